The number of aryl methyl sites for hydroxylation is 1. The molecule has 0 bridgehead atoms. The van der Waals surface area contributed by atoms with Gasteiger partial charge in [0, 0.05) is 19.0 Å². The van der Waals surface area contributed by atoms with Crippen LogP contribution in [0.3, 0.4) is 0 Å². The van der Waals surface area contributed by atoms with E-state index >= 15 is 0 Å². The number of benzene rings is 1. The number of nitrogens with zero attached hydrogens (tertiary/aromatic N) is 2. The first-order chi connectivity index (χ1) is 9.65. The van der Waals surface area contributed by atoms with Crippen LogP contribution >= 0.6 is 11.6 Å². The summed E-state index contributed by atoms with van der Waals surface area (Å²) < 4.78 is 7.52. The smallest absolute Gasteiger partial charge is 0.163 e. The summed E-state index contributed by atoms with van der Waals surface area (Å²) in [7, 11) is 1.85. The Kier molecular flexibility index (Phi) is 3.49. The lowest BCUT2D eigenvalue weighted by atomic mass is 9.91. The van der Waals surface area contributed by atoms with E-state index in [-0.39, 0.29) is 5.78 Å². The van der Waals surface area contributed by atoms with Gasteiger partial charge in [0.2, 0.25) is 0 Å². The van der Waals surface area contributed by atoms with Gasteiger partial charge in [-0.25, -0.2) is 4.98 Å². The van der Waals surface area contributed by atoms with E-state index in [0.717, 1.165) is 35.5 Å². The van der Waals surface area contributed by atoms with Crippen LogP contribution in [0.15, 0.2) is 24.4 Å². The molecule has 0 unspecified atom stereocenters. The third-order valence-corrected chi connectivity index (χ3v) is 3.97. The summed E-state index contributed by atoms with van der Waals surface area (Å²) >= 11 is 5.93. The number of imidazole rings is 1. The number of ketones is 1. The van der Waals surface area contributed by atoms with Crippen molar-refractivity contribution in [2.75, 3.05) is 0 Å². The second kappa shape index (κ2) is 5.29. The van der Waals surface area contributed by atoms with Crippen LogP contribution in [0.25, 0.3) is 0 Å². The van der Waals surface area contributed by atoms with Gasteiger partial charge in [-0.2, -0.15) is 0 Å². The molecule has 1 aliphatic carbocycles. The molecule has 104 valence electrons. The van der Waals surface area contributed by atoms with Gasteiger partial charge in [-0.15, -0.1) is 0 Å². The van der Waals surface area contributed by atoms with Gasteiger partial charge in [0.1, 0.15) is 23.3 Å². The van der Waals surface area contributed by atoms with Crippen LogP contribution in [0.2, 0.25) is 5.15 Å². The number of rotatable bonds is 3. The predicted molar refractivity (Wildman–Crippen MR) is 76.3 cm³/mol. The van der Waals surface area contributed by atoms with Gasteiger partial charge in [0.25, 0.3) is 0 Å². The fraction of sp³-hybridized carbons (Fsp3) is 0.333. The summed E-state index contributed by atoms with van der Waals surface area (Å²) in [5, 5.41) is 0.583. The first-order valence-electron chi connectivity index (χ1n) is 6.60. The normalized spacial score (nSPS) is 14.2. The van der Waals surface area contributed by atoms with Crippen LogP contribution in [0.5, 0.6) is 5.75 Å². The molecule has 20 heavy (non-hydrogen) atoms. The van der Waals surface area contributed by atoms with Crippen LogP contribution in [0.4, 0.5) is 0 Å². The summed E-state index contributed by atoms with van der Waals surface area (Å²) in [6, 6.07) is 5.65. The molecule has 1 heterocycles. The van der Waals surface area contributed by atoms with Crippen molar-refractivity contribution in [2.24, 2.45) is 7.05 Å². The molecule has 0 saturated carbocycles. The molecule has 3 rings (SSSR count). The Morgan fingerprint density at radius 2 is 2.25 bits per heavy atom. The maximum atomic E-state index is 11.8. The van der Waals surface area contributed by atoms with Gasteiger partial charge >= 0.3 is 0 Å². The summed E-state index contributed by atoms with van der Waals surface area (Å²) in [6.45, 7) is 0.357. The Hall–Kier alpha value is -1.81. The van der Waals surface area contributed by atoms with Gasteiger partial charge in [0.05, 0.1) is 6.20 Å². The summed E-state index contributed by atoms with van der Waals surface area (Å²) in [6.07, 6.45) is 4.11. The van der Waals surface area contributed by atoms with E-state index in [1.165, 1.54) is 0 Å². The second-order valence-corrected chi connectivity index (χ2v) is 5.33. The Labute approximate surface area is 122 Å². The number of fused-ring (bicyclic) bond motifs is 1. The van der Waals surface area contributed by atoms with Crippen molar-refractivity contribution in [2.45, 2.75) is 25.9 Å². The fourth-order valence-corrected chi connectivity index (χ4v) is 2.57. The molecular weight excluding hydrogens is 276 g/mol. The standard InChI is InChI=1S/C15H15ClN2O2/c1-18-14(16)8-17-15(18)9-20-11-5-6-12-10(7-11)3-2-4-13(12)19/h5-8H,2-4,9H2,1H3. The first-order valence-corrected chi connectivity index (χ1v) is 6.98. The highest BCUT2D eigenvalue weighted by molar-refractivity contribution is 6.29. The van der Waals surface area contributed by atoms with Gasteiger partial charge in [-0.05, 0) is 36.6 Å². The van der Waals surface area contributed by atoms with Gasteiger partial charge in [-0.3, -0.25) is 4.79 Å². The molecular formula is C15H15ClN2O2. The number of hydrogen-bond donors (Lipinski definition) is 0. The molecule has 1 aliphatic rings. The van der Waals surface area contributed by atoms with Gasteiger partial charge < -0.3 is 9.30 Å². The van der Waals surface area contributed by atoms with Crippen molar-refractivity contribution in [3.05, 3.63) is 46.5 Å². The molecule has 0 aliphatic heterocycles. The lowest BCUT2D eigenvalue weighted by Gasteiger charge is -2.16. The first kappa shape index (κ1) is 13.2. The summed E-state index contributed by atoms with van der Waals surface area (Å²) in [5.41, 5.74) is 1.92. The minimum absolute atomic E-state index is 0.230. The Balaban J connectivity index is 1.75. The number of ether oxygens (including phenoxy) is 1. The molecule has 0 radical (unpaired) electrons. The molecule has 1 aromatic carbocycles. The zero-order valence-corrected chi connectivity index (χ0v) is 12.0. The van der Waals surface area contributed by atoms with E-state index in [4.69, 9.17) is 16.3 Å². The minimum atomic E-state index is 0.230. The number of hydrogen-bond acceptors (Lipinski definition) is 3. The van der Waals surface area contributed by atoms with Crippen LogP contribution in [0, 0.1) is 0 Å². The Morgan fingerprint density at radius 1 is 1.40 bits per heavy atom. The monoisotopic (exact) mass is 290 g/mol. The van der Waals surface area contributed by atoms with Crippen molar-refractivity contribution in [1.82, 2.24) is 9.55 Å². The number of halogens is 1. The predicted octanol–water partition coefficient (Wildman–Crippen LogP) is 3.17. The molecule has 0 fully saturated rings. The molecule has 0 amide bonds. The zero-order valence-electron chi connectivity index (χ0n) is 11.2. The summed E-state index contributed by atoms with van der Waals surface area (Å²) in [5.74, 6) is 1.76. The second-order valence-electron chi connectivity index (χ2n) is 4.94. The van der Waals surface area contributed by atoms with Crippen molar-refractivity contribution < 1.29 is 9.53 Å². The highest BCUT2D eigenvalue weighted by atomic mass is 35.5. The molecule has 0 atom stereocenters. The lowest BCUT2D eigenvalue weighted by molar-refractivity contribution is 0.0972. The zero-order chi connectivity index (χ0) is 14.1. The fourth-order valence-electron chi connectivity index (χ4n) is 2.42. The van der Waals surface area contributed by atoms with E-state index < -0.39 is 0 Å². The molecule has 4 nitrogen and oxygen atoms in total. The Morgan fingerprint density at radius 3 is 3.00 bits per heavy atom. The van der Waals surface area contributed by atoms with Gasteiger partial charge in [0.15, 0.2) is 5.78 Å². The molecule has 0 spiro atoms. The highest BCUT2D eigenvalue weighted by Gasteiger charge is 2.17. The summed E-state index contributed by atoms with van der Waals surface area (Å²) in [4.78, 5) is 15.9. The minimum Gasteiger partial charge on any atom is -0.486 e. The third-order valence-electron chi connectivity index (χ3n) is 3.62. The SMILES string of the molecule is Cn1c(Cl)cnc1COc1ccc2c(c1)CCCC2=O. The van der Waals surface area contributed by atoms with E-state index in [1.807, 2.05) is 25.2 Å². The quantitative estimate of drug-likeness (QED) is 0.872. The molecule has 2 aromatic rings. The average Bonchev–Trinajstić information content (AvgIpc) is 2.77. The van der Waals surface area contributed by atoms with Crippen LogP contribution in [-0.2, 0) is 20.1 Å². The van der Waals surface area contributed by atoms with Gasteiger partial charge in [-0.1, -0.05) is 11.6 Å². The van der Waals surface area contributed by atoms with E-state index in [9.17, 15) is 4.79 Å². The van der Waals surface area contributed by atoms with E-state index in [1.54, 1.807) is 10.8 Å². The molecule has 1 aromatic heterocycles. The van der Waals surface area contributed by atoms with E-state index in [0.29, 0.717) is 18.2 Å². The maximum Gasteiger partial charge on any atom is 0.163 e. The van der Waals surface area contributed by atoms with Crippen molar-refractivity contribution in [1.29, 1.82) is 0 Å². The molecule has 0 saturated heterocycles. The Bertz CT molecular complexity index is 664. The number of aromatic nitrogens is 2. The lowest BCUT2D eigenvalue weighted by Crippen LogP contribution is -2.11. The molecule has 5 heteroatoms. The van der Waals surface area contributed by atoms with Crippen molar-refractivity contribution >= 4 is 17.4 Å². The number of Topliss-reactive ketones (excluding diaryl/α,β-unsaturated/α-hetero) is 1. The van der Waals surface area contributed by atoms with Crippen molar-refractivity contribution in [3.63, 3.8) is 0 Å². The van der Waals surface area contributed by atoms with Crippen LogP contribution in [-0.4, -0.2) is 15.3 Å². The van der Waals surface area contributed by atoms with E-state index in [2.05, 4.69) is 4.98 Å². The average molecular weight is 291 g/mol. The number of carbonyl (C=O) groups excluding carboxylic acids is 1. The van der Waals surface area contributed by atoms with Crippen molar-refractivity contribution in [3.8, 4) is 5.75 Å². The maximum absolute atomic E-state index is 11.8. The number of carbonyl (C=O) groups is 1. The topological polar surface area (TPSA) is 44.1 Å². The molecule has 0 N–H and O–H groups in total. The van der Waals surface area contributed by atoms with Crippen LogP contribution in [0.1, 0.15) is 34.6 Å². The third kappa shape index (κ3) is 2.43. The largest absolute Gasteiger partial charge is 0.486 e. The van der Waals surface area contributed by atoms with Crippen LogP contribution < -0.4 is 4.74 Å². The highest BCUT2D eigenvalue weighted by Crippen LogP contribution is 2.25.